The zero-order valence-electron chi connectivity index (χ0n) is 10.4. The van der Waals surface area contributed by atoms with E-state index in [1.807, 2.05) is 0 Å². The van der Waals surface area contributed by atoms with Crippen molar-refractivity contribution >= 4 is 23.0 Å². The van der Waals surface area contributed by atoms with Gasteiger partial charge in [-0.1, -0.05) is 19.1 Å². The van der Waals surface area contributed by atoms with Crippen LogP contribution in [0.2, 0.25) is 0 Å². The van der Waals surface area contributed by atoms with E-state index >= 15 is 0 Å². The van der Waals surface area contributed by atoms with Gasteiger partial charge in [0.05, 0.1) is 6.10 Å². The Balaban J connectivity index is 2.00. The summed E-state index contributed by atoms with van der Waals surface area (Å²) in [6.07, 6.45) is 5.67. The van der Waals surface area contributed by atoms with E-state index in [2.05, 4.69) is 22.2 Å². The molecule has 3 N–H and O–H groups in total. The highest BCUT2D eigenvalue weighted by Crippen LogP contribution is 2.23. The van der Waals surface area contributed by atoms with Crippen molar-refractivity contribution in [2.45, 2.75) is 25.9 Å². The number of aromatic nitrogens is 2. The third kappa shape index (κ3) is 2.94. The van der Waals surface area contributed by atoms with Gasteiger partial charge in [-0.25, -0.2) is 9.97 Å². The standard InChI is InChI=1S/C12H18N4OS/c1-2-9-8(3-6-17-9)7-16-12-10(11(13)18)14-4-5-15-12/h4-5,8-9H,2-3,6-7H2,1H3,(H2,13,18)(H,15,16). The first-order valence-corrected chi connectivity index (χ1v) is 6.59. The molecule has 2 unspecified atom stereocenters. The molecule has 2 rings (SSSR count). The van der Waals surface area contributed by atoms with Crippen molar-refractivity contribution in [1.82, 2.24) is 9.97 Å². The van der Waals surface area contributed by atoms with Gasteiger partial charge in [-0.3, -0.25) is 0 Å². The van der Waals surface area contributed by atoms with Gasteiger partial charge in [0, 0.05) is 31.5 Å². The number of ether oxygens (including phenoxy) is 1. The van der Waals surface area contributed by atoms with Gasteiger partial charge in [-0.15, -0.1) is 0 Å². The smallest absolute Gasteiger partial charge is 0.155 e. The molecule has 1 fully saturated rings. The number of rotatable bonds is 5. The Bertz CT molecular complexity index is 426. The molecule has 0 aliphatic carbocycles. The van der Waals surface area contributed by atoms with Gasteiger partial charge in [0.15, 0.2) is 5.82 Å². The molecule has 0 aromatic carbocycles. The van der Waals surface area contributed by atoms with Gasteiger partial charge in [0.25, 0.3) is 0 Å². The first-order chi connectivity index (χ1) is 8.72. The molecule has 18 heavy (non-hydrogen) atoms. The Morgan fingerprint density at radius 1 is 1.56 bits per heavy atom. The van der Waals surface area contributed by atoms with E-state index in [0.29, 0.717) is 23.5 Å². The summed E-state index contributed by atoms with van der Waals surface area (Å²) < 4.78 is 5.65. The second kappa shape index (κ2) is 6.06. The number of anilines is 1. The van der Waals surface area contributed by atoms with E-state index in [9.17, 15) is 0 Å². The molecule has 1 aliphatic heterocycles. The highest BCUT2D eigenvalue weighted by atomic mass is 32.1. The molecule has 5 nitrogen and oxygen atoms in total. The first kappa shape index (κ1) is 13.2. The molecule has 0 saturated carbocycles. The minimum Gasteiger partial charge on any atom is -0.388 e. The van der Waals surface area contributed by atoms with Crippen LogP contribution in [0.3, 0.4) is 0 Å². The maximum atomic E-state index is 5.65. The lowest BCUT2D eigenvalue weighted by molar-refractivity contribution is 0.0900. The second-order valence-electron chi connectivity index (χ2n) is 4.36. The van der Waals surface area contributed by atoms with Gasteiger partial charge in [0.1, 0.15) is 10.7 Å². The number of thiocarbonyl (C=S) groups is 1. The summed E-state index contributed by atoms with van der Waals surface area (Å²) in [5, 5.41) is 3.28. The second-order valence-corrected chi connectivity index (χ2v) is 4.80. The average Bonchev–Trinajstić information content (AvgIpc) is 2.84. The summed E-state index contributed by atoms with van der Waals surface area (Å²) in [4.78, 5) is 8.63. The van der Waals surface area contributed by atoms with Crippen LogP contribution >= 0.6 is 12.2 Å². The fourth-order valence-corrected chi connectivity index (χ4v) is 2.40. The van der Waals surface area contributed by atoms with Gasteiger partial charge in [-0.05, 0) is 12.8 Å². The quantitative estimate of drug-likeness (QED) is 0.784. The number of nitrogens with one attached hydrogen (secondary N) is 1. The number of nitrogens with zero attached hydrogens (tertiary/aromatic N) is 2. The summed E-state index contributed by atoms with van der Waals surface area (Å²) in [6.45, 7) is 3.80. The average molecular weight is 266 g/mol. The molecule has 2 atom stereocenters. The fourth-order valence-electron chi connectivity index (χ4n) is 2.25. The van der Waals surface area contributed by atoms with Crippen LogP contribution in [0.25, 0.3) is 0 Å². The normalized spacial score (nSPS) is 22.9. The lowest BCUT2D eigenvalue weighted by Gasteiger charge is -2.18. The predicted octanol–water partition coefficient (Wildman–Crippen LogP) is 1.34. The van der Waals surface area contributed by atoms with Crippen LogP contribution in [-0.2, 0) is 4.74 Å². The molecule has 6 heteroatoms. The molecule has 2 heterocycles. The van der Waals surface area contributed by atoms with E-state index in [-0.39, 0.29) is 4.99 Å². The molecule has 1 aromatic rings. The Morgan fingerprint density at radius 2 is 2.33 bits per heavy atom. The molecule has 98 valence electrons. The number of nitrogens with two attached hydrogens (primary N) is 1. The monoisotopic (exact) mass is 266 g/mol. The Labute approximate surface area is 112 Å². The summed E-state index contributed by atoms with van der Waals surface area (Å²) >= 11 is 4.96. The zero-order chi connectivity index (χ0) is 13.0. The van der Waals surface area contributed by atoms with E-state index < -0.39 is 0 Å². The van der Waals surface area contributed by atoms with Gasteiger partial charge in [-0.2, -0.15) is 0 Å². The van der Waals surface area contributed by atoms with Crippen LogP contribution in [0.1, 0.15) is 25.5 Å². The minimum atomic E-state index is 0.264. The topological polar surface area (TPSA) is 73.1 Å². The Morgan fingerprint density at radius 3 is 3.06 bits per heavy atom. The van der Waals surface area contributed by atoms with E-state index in [0.717, 1.165) is 26.0 Å². The minimum absolute atomic E-state index is 0.264. The highest BCUT2D eigenvalue weighted by molar-refractivity contribution is 7.80. The number of hydrogen-bond acceptors (Lipinski definition) is 5. The molecule has 0 amide bonds. The SMILES string of the molecule is CCC1OCCC1CNc1nccnc1C(N)=S. The maximum absolute atomic E-state index is 5.65. The van der Waals surface area contributed by atoms with Crippen molar-refractivity contribution in [2.24, 2.45) is 11.7 Å². The van der Waals surface area contributed by atoms with Crippen LogP contribution in [0.15, 0.2) is 12.4 Å². The third-order valence-corrected chi connectivity index (χ3v) is 3.41. The van der Waals surface area contributed by atoms with Crippen LogP contribution in [0.4, 0.5) is 5.82 Å². The van der Waals surface area contributed by atoms with E-state index in [1.54, 1.807) is 12.4 Å². The zero-order valence-corrected chi connectivity index (χ0v) is 11.2. The van der Waals surface area contributed by atoms with Crippen LogP contribution < -0.4 is 11.1 Å². The molecule has 1 aromatic heterocycles. The van der Waals surface area contributed by atoms with Crippen LogP contribution in [0.5, 0.6) is 0 Å². The van der Waals surface area contributed by atoms with E-state index in [4.69, 9.17) is 22.7 Å². The predicted molar refractivity (Wildman–Crippen MR) is 74.5 cm³/mol. The van der Waals surface area contributed by atoms with Crippen molar-refractivity contribution in [1.29, 1.82) is 0 Å². The summed E-state index contributed by atoms with van der Waals surface area (Å²) in [6, 6.07) is 0. The largest absolute Gasteiger partial charge is 0.388 e. The third-order valence-electron chi connectivity index (χ3n) is 3.21. The van der Waals surface area contributed by atoms with E-state index in [1.165, 1.54) is 0 Å². The van der Waals surface area contributed by atoms with Gasteiger partial charge < -0.3 is 15.8 Å². The molecule has 1 saturated heterocycles. The first-order valence-electron chi connectivity index (χ1n) is 6.18. The molecular formula is C12H18N4OS. The Hall–Kier alpha value is -1.27. The van der Waals surface area contributed by atoms with Crippen molar-refractivity contribution in [3.63, 3.8) is 0 Å². The van der Waals surface area contributed by atoms with Crippen molar-refractivity contribution in [3.8, 4) is 0 Å². The van der Waals surface area contributed by atoms with Crippen LogP contribution in [0, 0.1) is 5.92 Å². The molecular weight excluding hydrogens is 248 g/mol. The maximum Gasteiger partial charge on any atom is 0.155 e. The lowest BCUT2D eigenvalue weighted by atomic mass is 10.00. The van der Waals surface area contributed by atoms with Crippen molar-refractivity contribution in [3.05, 3.63) is 18.1 Å². The highest BCUT2D eigenvalue weighted by Gasteiger charge is 2.26. The molecule has 0 spiro atoms. The molecule has 1 aliphatic rings. The summed E-state index contributed by atoms with van der Waals surface area (Å²) in [5.41, 5.74) is 6.17. The molecule has 0 radical (unpaired) electrons. The summed E-state index contributed by atoms with van der Waals surface area (Å²) in [7, 11) is 0. The van der Waals surface area contributed by atoms with Crippen molar-refractivity contribution in [2.75, 3.05) is 18.5 Å². The van der Waals surface area contributed by atoms with Gasteiger partial charge >= 0.3 is 0 Å². The fraction of sp³-hybridized carbons (Fsp3) is 0.583. The number of hydrogen-bond donors (Lipinski definition) is 2. The van der Waals surface area contributed by atoms with Crippen LogP contribution in [-0.4, -0.2) is 34.2 Å². The van der Waals surface area contributed by atoms with Crippen molar-refractivity contribution < 1.29 is 4.74 Å². The molecule has 0 bridgehead atoms. The van der Waals surface area contributed by atoms with Gasteiger partial charge in [0.2, 0.25) is 0 Å². The Kier molecular flexibility index (Phi) is 4.43. The lowest BCUT2D eigenvalue weighted by Crippen LogP contribution is -2.24. The summed E-state index contributed by atoms with van der Waals surface area (Å²) in [5.74, 6) is 1.17.